The minimum atomic E-state index is -2.28. The number of nitrogens with one attached hydrogen (secondary N) is 4. The summed E-state index contributed by atoms with van der Waals surface area (Å²) in [5.74, 6) is -4.76. The first-order chi connectivity index (χ1) is 21.9. The van der Waals surface area contributed by atoms with Crippen molar-refractivity contribution in [3.8, 4) is 0 Å². The number of aliphatic hydroxyl groups excluding tert-OH is 4. The van der Waals surface area contributed by atoms with E-state index >= 15 is 0 Å². The average molecular weight is 668 g/mol. The Labute approximate surface area is 275 Å². The first kappa shape index (κ1) is 41.4. The molecule has 0 spiro atoms. The number of carbonyl (C=O) groups excluding carboxylic acids is 4. The molecule has 0 aromatic heterocycles. The maximum absolute atomic E-state index is 13.3. The number of nitrogens with two attached hydrogens (primary N) is 1. The Morgan fingerprint density at radius 3 is 1.64 bits per heavy atom. The summed E-state index contributed by atoms with van der Waals surface area (Å²) >= 11 is 0. The van der Waals surface area contributed by atoms with E-state index in [2.05, 4.69) is 21.3 Å². The molecule has 0 unspecified atom stereocenters. The van der Waals surface area contributed by atoms with Gasteiger partial charge < -0.3 is 52.5 Å². The Morgan fingerprint density at radius 2 is 1.19 bits per heavy atom. The fourth-order valence-corrected chi connectivity index (χ4v) is 4.72. The van der Waals surface area contributed by atoms with Crippen LogP contribution in [0.1, 0.15) is 72.4 Å². The zero-order chi connectivity index (χ0) is 36.0. The predicted molar refractivity (Wildman–Crippen MR) is 172 cm³/mol. The van der Waals surface area contributed by atoms with E-state index in [1.807, 2.05) is 13.8 Å². The van der Waals surface area contributed by atoms with Crippen LogP contribution in [0, 0.1) is 17.8 Å². The number of carbonyl (C=O) groups is 5. The van der Waals surface area contributed by atoms with Gasteiger partial charge in [0.25, 0.3) is 5.91 Å². The molecular formula is C32H53N5O10. The number of rotatable bonds is 20. The third-order valence-electron chi connectivity index (χ3n) is 7.48. The molecule has 0 radical (unpaired) electrons. The standard InChI is InChI=1S/C32H53N5O10/c1-16(2)12-21(35-29(44)22(13-17(3)4)36-31(46)25(33)18(5)6)30(45)37-23(15-38)26(41)27(42)28(43)32(47)34-20(14-24(39)40)19-10-8-7-9-11-19/h7-11,16-18,20-23,25-28,38,41-43H,12-15,33H2,1-6H3,(H,34,47)(H,35,44)(H,36,46)(H,37,45)(H,39,40)/t20-,21+,22+,23-,25+,26+,27+,28-/m1/s1. The summed E-state index contributed by atoms with van der Waals surface area (Å²) in [5.41, 5.74) is 6.36. The Balaban J connectivity index is 3.07. The van der Waals surface area contributed by atoms with Crippen molar-refractivity contribution in [2.45, 2.75) is 109 Å². The molecule has 15 heteroatoms. The lowest BCUT2D eigenvalue weighted by Gasteiger charge is -2.31. The van der Waals surface area contributed by atoms with Crippen molar-refractivity contribution in [3.05, 3.63) is 35.9 Å². The predicted octanol–water partition coefficient (Wildman–Crippen LogP) is -1.08. The van der Waals surface area contributed by atoms with Crippen LogP contribution in [0.25, 0.3) is 0 Å². The molecule has 0 saturated heterocycles. The second-order valence-corrected chi connectivity index (χ2v) is 12.9. The largest absolute Gasteiger partial charge is 0.481 e. The normalized spacial score (nSPS) is 16.7. The molecule has 15 nitrogen and oxygen atoms in total. The fourth-order valence-electron chi connectivity index (χ4n) is 4.72. The van der Waals surface area contributed by atoms with E-state index in [1.165, 1.54) is 0 Å². The lowest BCUT2D eigenvalue weighted by atomic mass is 9.97. The molecule has 1 rings (SSSR count). The van der Waals surface area contributed by atoms with Gasteiger partial charge in [-0.1, -0.05) is 71.9 Å². The maximum atomic E-state index is 13.3. The molecule has 266 valence electrons. The van der Waals surface area contributed by atoms with Gasteiger partial charge in [-0.25, -0.2) is 0 Å². The highest BCUT2D eigenvalue weighted by molar-refractivity contribution is 5.93. The lowest BCUT2D eigenvalue weighted by molar-refractivity contribution is -0.145. The Hall–Kier alpha value is -3.63. The SMILES string of the molecule is CC(C)C[C@H](NC(=O)[C@H](CC(C)C)NC(=O)[C@@H](N)C(C)C)C(=O)N[C@H](CO)[C@H](O)[C@H](O)[C@@H](O)C(=O)N[C@H](CC(=O)O)c1ccccc1. The van der Waals surface area contributed by atoms with Gasteiger partial charge in [-0.05, 0) is 36.2 Å². The van der Waals surface area contributed by atoms with Gasteiger partial charge in [0.15, 0.2) is 6.10 Å². The smallest absolute Gasteiger partial charge is 0.305 e. The second kappa shape index (κ2) is 19.9. The highest BCUT2D eigenvalue weighted by Crippen LogP contribution is 2.18. The summed E-state index contributed by atoms with van der Waals surface area (Å²) in [5, 5.41) is 61.1. The number of aliphatic carboxylic acids is 1. The molecule has 0 bridgehead atoms. The van der Waals surface area contributed by atoms with E-state index in [-0.39, 0.29) is 30.6 Å². The van der Waals surface area contributed by atoms with Crippen LogP contribution in [0.2, 0.25) is 0 Å². The molecule has 0 aliphatic carbocycles. The lowest BCUT2D eigenvalue weighted by Crippen LogP contribution is -2.60. The van der Waals surface area contributed by atoms with Crippen LogP contribution in [0.3, 0.4) is 0 Å². The van der Waals surface area contributed by atoms with Gasteiger partial charge in [0.2, 0.25) is 17.7 Å². The van der Waals surface area contributed by atoms with Crippen LogP contribution in [-0.2, 0) is 24.0 Å². The van der Waals surface area contributed by atoms with Gasteiger partial charge in [0.05, 0.1) is 31.2 Å². The van der Waals surface area contributed by atoms with E-state index in [1.54, 1.807) is 58.0 Å². The summed E-state index contributed by atoms with van der Waals surface area (Å²) in [4.78, 5) is 63.4. The zero-order valence-corrected chi connectivity index (χ0v) is 27.9. The number of hydrogen-bond acceptors (Lipinski definition) is 10. The van der Waals surface area contributed by atoms with Crippen molar-refractivity contribution >= 4 is 29.6 Å². The van der Waals surface area contributed by atoms with Gasteiger partial charge in [-0.15, -0.1) is 0 Å². The molecule has 1 aromatic carbocycles. The third kappa shape index (κ3) is 13.9. The quantitative estimate of drug-likeness (QED) is 0.0800. The van der Waals surface area contributed by atoms with Crippen molar-refractivity contribution in [2.24, 2.45) is 23.5 Å². The molecule has 1 aromatic rings. The molecule has 0 aliphatic heterocycles. The first-order valence-corrected chi connectivity index (χ1v) is 15.8. The molecule has 0 fully saturated rings. The van der Waals surface area contributed by atoms with E-state index in [4.69, 9.17) is 5.73 Å². The Kier molecular flexibility index (Phi) is 17.5. The number of hydrogen-bond donors (Lipinski definition) is 10. The topological polar surface area (TPSA) is 261 Å². The van der Waals surface area contributed by atoms with Crippen molar-refractivity contribution < 1.29 is 49.5 Å². The molecule has 0 aliphatic rings. The summed E-state index contributed by atoms with van der Waals surface area (Å²) in [6, 6.07) is 2.34. The summed E-state index contributed by atoms with van der Waals surface area (Å²) in [6.45, 7) is 9.91. The molecule has 47 heavy (non-hydrogen) atoms. The summed E-state index contributed by atoms with van der Waals surface area (Å²) in [7, 11) is 0. The number of benzene rings is 1. The first-order valence-electron chi connectivity index (χ1n) is 15.8. The monoisotopic (exact) mass is 667 g/mol. The number of carboxylic acids is 1. The van der Waals surface area contributed by atoms with Gasteiger partial charge in [0.1, 0.15) is 24.3 Å². The minimum absolute atomic E-state index is 0.00942. The number of aliphatic hydroxyl groups is 4. The van der Waals surface area contributed by atoms with Crippen molar-refractivity contribution in [2.75, 3.05) is 6.61 Å². The van der Waals surface area contributed by atoms with Crippen LogP contribution in [0.5, 0.6) is 0 Å². The number of amides is 4. The van der Waals surface area contributed by atoms with Crippen LogP contribution in [0.15, 0.2) is 30.3 Å². The molecule has 0 saturated carbocycles. The highest BCUT2D eigenvalue weighted by Gasteiger charge is 2.38. The van der Waals surface area contributed by atoms with Crippen LogP contribution < -0.4 is 27.0 Å². The summed E-state index contributed by atoms with van der Waals surface area (Å²) in [6.07, 6.45) is -6.73. The van der Waals surface area contributed by atoms with Crippen molar-refractivity contribution in [1.29, 1.82) is 0 Å². The molecule has 8 atom stereocenters. The van der Waals surface area contributed by atoms with Gasteiger partial charge in [0, 0.05) is 0 Å². The van der Waals surface area contributed by atoms with Crippen LogP contribution >= 0.6 is 0 Å². The second-order valence-electron chi connectivity index (χ2n) is 12.9. The van der Waals surface area contributed by atoms with E-state index in [9.17, 15) is 49.5 Å². The number of carboxylic acid groups (broad SMARTS) is 1. The van der Waals surface area contributed by atoms with Crippen molar-refractivity contribution in [3.63, 3.8) is 0 Å². The molecule has 4 amide bonds. The van der Waals surface area contributed by atoms with E-state index < -0.39 is 91.1 Å². The Morgan fingerprint density at radius 1 is 0.702 bits per heavy atom. The van der Waals surface area contributed by atoms with Crippen molar-refractivity contribution in [1.82, 2.24) is 21.3 Å². The van der Waals surface area contributed by atoms with E-state index in [0.717, 1.165) is 0 Å². The summed E-state index contributed by atoms with van der Waals surface area (Å²) < 4.78 is 0. The molecule has 0 heterocycles. The fraction of sp³-hybridized carbons (Fsp3) is 0.656. The molecular weight excluding hydrogens is 614 g/mol. The third-order valence-corrected chi connectivity index (χ3v) is 7.48. The van der Waals surface area contributed by atoms with Gasteiger partial charge >= 0.3 is 5.97 Å². The van der Waals surface area contributed by atoms with Gasteiger partial charge in [-0.2, -0.15) is 0 Å². The van der Waals surface area contributed by atoms with E-state index in [0.29, 0.717) is 5.56 Å². The average Bonchev–Trinajstić information content (AvgIpc) is 3.00. The minimum Gasteiger partial charge on any atom is -0.481 e. The van der Waals surface area contributed by atoms with Crippen LogP contribution in [0.4, 0.5) is 0 Å². The van der Waals surface area contributed by atoms with Crippen LogP contribution in [-0.4, -0.2) is 104 Å². The maximum Gasteiger partial charge on any atom is 0.305 e. The molecule has 11 N–H and O–H groups in total. The highest BCUT2D eigenvalue weighted by atomic mass is 16.4. The van der Waals surface area contributed by atoms with Gasteiger partial charge in [-0.3, -0.25) is 24.0 Å². The Bertz CT molecular complexity index is 1170. The zero-order valence-electron chi connectivity index (χ0n) is 27.9.